The van der Waals surface area contributed by atoms with Gasteiger partial charge in [-0.3, -0.25) is 10.2 Å². The van der Waals surface area contributed by atoms with E-state index >= 15 is 0 Å². The number of thioether (sulfide) groups is 1. The molecule has 0 aliphatic carbocycles. The Morgan fingerprint density at radius 3 is 2.48 bits per heavy atom. The molecule has 3 aromatic carbocycles. The number of phenolic OH excluding ortho intramolecular Hbond substituents is 1. The number of methoxy groups -OCH3 is 2. The molecule has 4 N–H and O–H groups in total. The fourth-order valence-electron chi connectivity index (χ4n) is 10.1. The van der Waals surface area contributed by atoms with Gasteiger partial charge in [-0.05, 0) is 81.8 Å². The lowest BCUT2D eigenvalue weighted by Gasteiger charge is -2.59. The van der Waals surface area contributed by atoms with Gasteiger partial charge in [0.2, 0.25) is 6.79 Å². The Morgan fingerprint density at radius 2 is 1.76 bits per heavy atom. The number of carbonyl (C=O) groups excluding carboxylic acids is 3. The van der Waals surface area contributed by atoms with Crippen molar-refractivity contribution in [3.05, 3.63) is 75.5 Å². The number of benzene rings is 3. The van der Waals surface area contributed by atoms with Gasteiger partial charge in [0, 0.05) is 40.6 Å². The maximum Gasteiger partial charge on any atom is 0.518 e. The topological polar surface area (TPSA) is 202 Å². The molecule has 0 radical (unpaired) electrons. The van der Waals surface area contributed by atoms with Crippen molar-refractivity contribution < 1.29 is 67.2 Å². The van der Waals surface area contributed by atoms with Crippen molar-refractivity contribution in [2.24, 2.45) is 0 Å². The number of hydrogen-bond donors (Lipinski definition) is 4. The number of nitrogens with one attached hydrogen (secondary N) is 2. The van der Waals surface area contributed by atoms with Crippen LogP contribution in [-0.2, 0) is 37.4 Å². The van der Waals surface area contributed by atoms with Gasteiger partial charge in [0.05, 0.1) is 43.9 Å². The minimum Gasteiger partial charge on any atom is -0.504 e. The summed E-state index contributed by atoms with van der Waals surface area (Å²) in [4.78, 5) is 43.0. The monoisotopic (exact) mass is 875 g/mol. The Balaban J connectivity index is 1.24. The van der Waals surface area contributed by atoms with Gasteiger partial charge >= 0.3 is 18.3 Å². The van der Waals surface area contributed by atoms with E-state index in [2.05, 4.69) is 17.2 Å². The number of rotatable bonds is 5. The molecule has 1 unspecified atom stereocenters. The summed E-state index contributed by atoms with van der Waals surface area (Å²) in [5, 5.41) is 30.9. The molecule has 7 aliphatic rings. The van der Waals surface area contributed by atoms with Crippen LogP contribution in [0.5, 0.6) is 40.2 Å². The van der Waals surface area contributed by atoms with Gasteiger partial charge in [-0.15, -0.1) is 11.8 Å². The second-order valence-corrected chi connectivity index (χ2v) is 18.2. The number of ether oxygens (including phenoxy) is 9. The third-order valence-electron chi connectivity index (χ3n) is 12.4. The van der Waals surface area contributed by atoms with Crippen molar-refractivity contribution in [3.63, 3.8) is 0 Å². The van der Waals surface area contributed by atoms with Crippen molar-refractivity contribution in [1.82, 2.24) is 15.5 Å². The van der Waals surface area contributed by atoms with Crippen LogP contribution in [0.25, 0.3) is 0 Å². The van der Waals surface area contributed by atoms with E-state index in [4.69, 9.17) is 42.6 Å². The van der Waals surface area contributed by atoms with Gasteiger partial charge in [0.15, 0.2) is 40.0 Å². The van der Waals surface area contributed by atoms with Gasteiger partial charge in [-0.25, -0.2) is 14.4 Å². The SMILES string of the molecule is C=COC(=O)Oc1c(C)c2c(c3c1[C@H]1SC[C@]4(NCCc5cc(OC(=O)OC(C)(C)C)c(OC)cc54)C(=O)OC[C@@H]3N3C1[C@H]1N[C@H](Cc4cc(C)c(OC)c(O)c41)[C@@H]3O)OCO2. The van der Waals surface area contributed by atoms with E-state index in [1.807, 2.05) is 17.9 Å². The fourth-order valence-corrected chi connectivity index (χ4v) is 11.8. The van der Waals surface area contributed by atoms with Crippen LogP contribution in [0.4, 0.5) is 9.59 Å². The van der Waals surface area contributed by atoms with Crippen molar-refractivity contribution in [2.45, 2.75) is 94.2 Å². The minimum atomic E-state index is -1.48. The lowest BCUT2D eigenvalue weighted by Crippen LogP contribution is -2.69. The number of piperazine rings is 1. The van der Waals surface area contributed by atoms with Crippen LogP contribution in [0.15, 0.2) is 31.0 Å². The predicted octanol–water partition coefficient (Wildman–Crippen LogP) is 5.41. The number of aliphatic hydroxyl groups is 1. The molecule has 1 spiro atoms. The fraction of sp³-hybridized carbons (Fsp3) is 0.477. The average molecular weight is 876 g/mol. The summed E-state index contributed by atoms with van der Waals surface area (Å²) in [7, 11) is 2.94. The van der Waals surface area contributed by atoms with Crippen LogP contribution in [0.3, 0.4) is 0 Å². The summed E-state index contributed by atoms with van der Waals surface area (Å²) in [6, 6.07) is 2.64. The zero-order chi connectivity index (χ0) is 44.0. The summed E-state index contributed by atoms with van der Waals surface area (Å²) in [6.07, 6.45) is -1.25. The summed E-state index contributed by atoms with van der Waals surface area (Å²) >= 11 is 1.38. The first-order chi connectivity index (χ1) is 29.6. The first kappa shape index (κ1) is 41.9. The molecule has 7 heterocycles. The highest BCUT2D eigenvalue weighted by Crippen LogP contribution is 2.63. The van der Waals surface area contributed by atoms with Gasteiger partial charge in [-0.1, -0.05) is 12.6 Å². The highest BCUT2D eigenvalue weighted by molar-refractivity contribution is 7.99. The average Bonchev–Trinajstić information content (AvgIpc) is 3.71. The number of hydrogen-bond acceptors (Lipinski definition) is 18. The van der Waals surface area contributed by atoms with Gasteiger partial charge in [0.1, 0.15) is 24.2 Å². The summed E-state index contributed by atoms with van der Waals surface area (Å²) < 4.78 is 52.3. The molecule has 0 amide bonds. The first-order valence-corrected chi connectivity index (χ1v) is 21.4. The molecule has 4 bridgehead atoms. The number of esters is 1. The van der Waals surface area contributed by atoms with Crippen molar-refractivity contribution in [1.29, 1.82) is 0 Å². The van der Waals surface area contributed by atoms with Crippen LogP contribution in [0.2, 0.25) is 0 Å². The van der Waals surface area contributed by atoms with Crippen molar-refractivity contribution >= 4 is 30.0 Å². The second kappa shape index (κ2) is 15.4. The van der Waals surface area contributed by atoms with E-state index in [1.54, 1.807) is 39.8 Å². The predicted molar refractivity (Wildman–Crippen MR) is 221 cm³/mol. The second-order valence-electron chi connectivity index (χ2n) is 17.1. The number of aromatic hydroxyl groups is 1. The molecule has 17 nitrogen and oxygen atoms in total. The molecule has 2 saturated heterocycles. The molecule has 18 heteroatoms. The Bertz CT molecular complexity index is 2400. The quantitative estimate of drug-likeness (QED) is 0.110. The molecule has 3 aromatic rings. The van der Waals surface area contributed by atoms with Crippen molar-refractivity contribution in [2.75, 3.05) is 39.9 Å². The van der Waals surface area contributed by atoms with Crippen LogP contribution < -0.4 is 39.1 Å². The van der Waals surface area contributed by atoms with Crippen LogP contribution in [-0.4, -0.2) is 97.2 Å². The van der Waals surface area contributed by atoms with Crippen molar-refractivity contribution in [3.8, 4) is 40.2 Å². The lowest BCUT2D eigenvalue weighted by atomic mass is 9.74. The summed E-state index contributed by atoms with van der Waals surface area (Å²) in [5.41, 5.74) is 2.72. The molecule has 10 rings (SSSR count). The number of nitrogens with zero attached hydrogens (tertiary/aromatic N) is 1. The maximum atomic E-state index is 15.0. The molecule has 7 atom stereocenters. The third-order valence-corrected chi connectivity index (χ3v) is 13.9. The molecular weight excluding hydrogens is 827 g/mol. The summed E-state index contributed by atoms with van der Waals surface area (Å²) in [6.45, 7) is 12.3. The number of aliphatic hydroxyl groups excluding tert-OH is 1. The molecule has 2 fully saturated rings. The van der Waals surface area contributed by atoms with E-state index in [-0.39, 0.29) is 42.2 Å². The molecule has 0 saturated carbocycles. The highest BCUT2D eigenvalue weighted by Gasteiger charge is 2.60. The van der Waals surface area contributed by atoms with E-state index in [0.29, 0.717) is 70.0 Å². The summed E-state index contributed by atoms with van der Waals surface area (Å²) in [5.74, 6) is 0.943. The van der Waals surface area contributed by atoms with Crippen LogP contribution in [0, 0.1) is 13.8 Å². The molecular formula is C44H49N3O14S. The lowest BCUT2D eigenvalue weighted by molar-refractivity contribution is -0.164. The zero-order valence-electron chi connectivity index (χ0n) is 35.4. The van der Waals surface area contributed by atoms with Gasteiger partial charge in [0.25, 0.3) is 0 Å². The number of carbonyl (C=O) groups is 3. The number of phenols is 1. The first-order valence-electron chi connectivity index (χ1n) is 20.3. The van der Waals surface area contributed by atoms with Crippen LogP contribution >= 0.6 is 11.8 Å². The Kier molecular flexibility index (Phi) is 10.4. The normalized spacial score (nSPS) is 26.8. The van der Waals surface area contributed by atoms with E-state index < -0.39 is 65.1 Å². The molecule has 0 aromatic heterocycles. The minimum absolute atomic E-state index is 0.0249. The standard InChI is InChI=1S/C44H49N3O14S/c1-9-55-41(51)60-35-20(3)36-37(58-18-57-36)29-25-16-56-40(50)44(23-15-26(53-7)27(14-21(23)10-11-45-44)59-42(52)61-43(4,5)6)17-62-38(30(29)35)32-31-28-22(12-19(2)34(54-8)33(28)48)13-24(46-31)39(49)47(25)32/h9,12,14-15,24-25,31-32,38-39,45-46,48-49H,1,10-11,13,16-18H2,2-8H3/t24-,25+,31+,32?,38-,39+,44-/m1/s1. The van der Waals surface area contributed by atoms with Gasteiger partial charge < -0.3 is 58.2 Å². The van der Waals surface area contributed by atoms with E-state index in [1.165, 1.54) is 26.0 Å². The highest BCUT2D eigenvalue weighted by atomic mass is 32.2. The largest absolute Gasteiger partial charge is 0.518 e. The molecule has 62 heavy (non-hydrogen) atoms. The van der Waals surface area contributed by atoms with Crippen LogP contribution in [0.1, 0.15) is 82.6 Å². The van der Waals surface area contributed by atoms with Gasteiger partial charge in [-0.2, -0.15) is 0 Å². The Labute approximate surface area is 361 Å². The molecule has 7 aliphatic heterocycles. The Hall–Kier alpha value is -5.40. The Morgan fingerprint density at radius 1 is 0.984 bits per heavy atom. The third kappa shape index (κ3) is 6.56. The zero-order valence-corrected chi connectivity index (χ0v) is 36.2. The number of fused-ring (bicyclic) bond motifs is 9. The molecule has 330 valence electrons. The maximum absolute atomic E-state index is 15.0. The smallest absolute Gasteiger partial charge is 0.504 e. The van der Waals surface area contributed by atoms with E-state index in [9.17, 15) is 24.6 Å². The number of aryl methyl sites for hydroxylation is 1. The van der Waals surface area contributed by atoms with E-state index in [0.717, 1.165) is 17.4 Å².